The molecule has 0 aliphatic carbocycles. The smallest absolute Gasteiger partial charge is 0.128 e. The summed E-state index contributed by atoms with van der Waals surface area (Å²) in [6.45, 7) is 5.94. The van der Waals surface area contributed by atoms with Crippen LogP contribution in [-0.4, -0.2) is 31.3 Å². The van der Waals surface area contributed by atoms with Crippen LogP contribution in [0.3, 0.4) is 0 Å². The van der Waals surface area contributed by atoms with Crippen LogP contribution in [-0.2, 0) is 4.74 Å². The molecule has 1 saturated heterocycles. The van der Waals surface area contributed by atoms with Crippen molar-refractivity contribution in [1.82, 2.24) is 4.98 Å². The highest BCUT2D eigenvalue weighted by Crippen LogP contribution is 2.16. The Labute approximate surface area is 109 Å². The van der Waals surface area contributed by atoms with Crippen molar-refractivity contribution in [1.29, 1.82) is 0 Å². The third-order valence-electron chi connectivity index (χ3n) is 3.19. The van der Waals surface area contributed by atoms with Gasteiger partial charge in [-0.25, -0.2) is 4.98 Å². The summed E-state index contributed by atoms with van der Waals surface area (Å²) in [4.78, 5) is 4.52. The first-order valence-corrected chi connectivity index (χ1v) is 6.91. The Morgan fingerprint density at radius 3 is 2.72 bits per heavy atom. The van der Waals surface area contributed by atoms with E-state index in [2.05, 4.69) is 22.5 Å². The minimum atomic E-state index is 0.721. The van der Waals surface area contributed by atoms with Crippen molar-refractivity contribution in [2.45, 2.75) is 26.2 Å². The summed E-state index contributed by atoms with van der Waals surface area (Å²) >= 11 is 0. The lowest BCUT2D eigenvalue weighted by atomic mass is 10.1. The van der Waals surface area contributed by atoms with Crippen molar-refractivity contribution in [2.75, 3.05) is 36.9 Å². The average molecular weight is 249 g/mol. The van der Waals surface area contributed by atoms with Gasteiger partial charge in [0.2, 0.25) is 0 Å². The van der Waals surface area contributed by atoms with E-state index in [0.717, 1.165) is 56.7 Å². The maximum absolute atomic E-state index is 5.37. The summed E-state index contributed by atoms with van der Waals surface area (Å²) in [5.74, 6) is 2.62. The van der Waals surface area contributed by atoms with Gasteiger partial charge in [0.15, 0.2) is 0 Å². The SMILES string of the molecule is CCCNc1cccc(NCCC2CCOC2)n1. The number of nitrogens with zero attached hydrogens (tertiary/aromatic N) is 1. The minimum Gasteiger partial charge on any atom is -0.381 e. The second-order valence-electron chi connectivity index (χ2n) is 4.78. The molecule has 4 heteroatoms. The molecule has 1 aromatic heterocycles. The predicted molar refractivity (Wildman–Crippen MR) is 75.1 cm³/mol. The van der Waals surface area contributed by atoms with E-state index in [1.807, 2.05) is 18.2 Å². The van der Waals surface area contributed by atoms with Crippen molar-refractivity contribution in [2.24, 2.45) is 5.92 Å². The second kappa shape index (κ2) is 7.21. The zero-order chi connectivity index (χ0) is 12.6. The van der Waals surface area contributed by atoms with E-state index in [4.69, 9.17) is 4.74 Å². The van der Waals surface area contributed by atoms with Gasteiger partial charge in [0.1, 0.15) is 11.6 Å². The number of pyridine rings is 1. The Kier molecular flexibility index (Phi) is 5.27. The molecule has 2 rings (SSSR count). The van der Waals surface area contributed by atoms with Crippen LogP contribution in [0.2, 0.25) is 0 Å². The predicted octanol–water partition coefficient (Wildman–Crippen LogP) is 2.74. The summed E-state index contributed by atoms with van der Waals surface area (Å²) in [5, 5.41) is 6.68. The van der Waals surface area contributed by atoms with Crippen LogP contribution < -0.4 is 10.6 Å². The molecule has 0 radical (unpaired) electrons. The Bertz CT molecular complexity index is 351. The van der Waals surface area contributed by atoms with E-state index < -0.39 is 0 Å². The zero-order valence-electron chi connectivity index (χ0n) is 11.1. The van der Waals surface area contributed by atoms with Gasteiger partial charge in [-0.05, 0) is 37.3 Å². The normalized spacial score (nSPS) is 18.8. The molecule has 18 heavy (non-hydrogen) atoms. The largest absolute Gasteiger partial charge is 0.381 e. The van der Waals surface area contributed by atoms with E-state index in [0.29, 0.717) is 0 Å². The summed E-state index contributed by atoms with van der Waals surface area (Å²) in [5.41, 5.74) is 0. The monoisotopic (exact) mass is 249 g/mol. The van der Waals surface area contributed by atoms with Gasteiger partial charge < -0.3 is 15.4 Å². The number of ether oxygens (including phenoxy) is 1. The van der Waals surface area contributed by atoms with Gasteiger partial charge in [0, 0.05) is 26.3 Å². The van der Waals surface area contributed by atoms with Gasteiger partial charge in [0.05, 0.1) is 0 Å². The third kappa shape index (κ3) is 4.18. The van der Waals surface area contributed by atoms with Crippen molar-refractivity contribution in [3.8, 4) is 0 Å². The van der Waals surface area contributed by atoms with Gasteiger partial charge >= 0.3 is 0 Å². The Balaban J connectivity index is 1.74. The minimum absolute atomic E-state index is 0.721. The fourth-order valence-corrected chi connectivity index (χ4v) is 2.10. The maximum Gasteiger partial charge on any atom is 0.128 e. The highest BCUT2D eigenvalue weighted by Gasteiger charge is 2.14. The third-order valence-corrected chi connectivity index (χ3v) is 3.19. The van der Waals surface area contributed by atoms with E-state index in [1.165, 1.54) is 6.42 Å². The fraction of sp³-hybridized carbons (Fsp3) is 0.643. The van der Waals surface area contributed by atoms with Crippen LogP contribution in [0.1, 0.15) is 26.2 Å². The number of nitrogens with one attached hydrogen (secondary N) is 2. The fourth-order valence-electron chi connectivity index (χ4n) is 2.10. The highest BCUT2D eigenvalue weighted by molar-refractivity contribution is 5.44. The van der Waals surface area contributed by atoms with E-state index in [-0.39, 0.29) is 0 Å². The topological polar surface area (TPSA) is 46.2 Å². The first kappa shape index (κ1) is 13.1. The lowest BCUT2D eigenvalue weighted by molar-refractivity contribution is 0.185. The van der Waals surface area contributed by atoms with Crippen LogP contribution in [0.25, 0.3) is 0 Å². The van der Waals surface area contributed by atoms with Crippen molar-refractivity contribution < 1.29 is 4.74 Å². The molecule has 1 unspecified atom stereocenters. The van der Waals surface area contributed by atoms with Gasteiger partial charge in [-0.15, -0.1) is 0 Å². The van der Waals surface area contributed by atoms with Gasteiger partial charge in [-0.2, -0.15) is 0 Å². The van der Waals surface area contributed by atoms with E-state index in [9.17, 15) is 0 Å². The molecule has 100 valence electrons. The molecular formula is C14H23N3O. The molecule has 1 fully saturated rings. The number of rotatable bonds is 7. The summed E-state index contributed by atoms with van der Waals surface area (Å²) in [7, 11) is 0. The van der Waals surface area contributed by atoms with Crippen LogP contribution in [0.15, 0.2) is 18.2 Å². The molecule has 2 heterocycles. The van der Waals surface area contributed by atoms with Crippen LogP contribution in [0.4, 0.5) is 11.6 Å². The molecule has 1 aromatic rings. The Morgan fingerprint density at radius 1 is 1.28 bits per heavy atom. The molecule has 2 N–H and O–H groups in total. The van der Waals surface area contributed by atoms with Crippen molar-refractivity contribution in [3.63, 3.8) is 0 Å². The van der Waals surface area contributed by atoms with Gasteiger partial charge in [0.25, 0.3) is 0 Å². The van der Waals surface area contributed by atoms with E-state index in [1.54, 1.807) is 0 Å². The van der Waals surface area contributed by atoms with E-state index >= 15 is 0 Å². The van der Waals surface area contributed by atoms with Gasteiger partial charge in [-0.1, -0.05) is 13.0 Å². The number of hydrogen-bond acceptors (Lipinski definition) is 4. The summed E-state index contributed by atoms with van der Waals surface area (Å²) in [6.07, 6.45) is 3.47. The average Bonchev–Trinajstić information content (AvgIpc) is 2.90. The number of hydrogen-bond donors (Lipinski definition) is 2. The molecule has 0 aromatic carbocycles. The Hall–Kier alpha value is -1.29. The molecule has 0 bridgehead atoms. The molecule has 0 spiro atoms. The lowest BCUT2D eigenvalue weighted by Gasteiger charge is -2.10. The zero-order valence-corrected chi connectivity index (χ0v) is 11.1. The second-order valence-corrected chi connectivity index (χ2v) is 4.78. The summed E-state index contributed by atoms with van der Waals surface area (Å²) < 4.78 is 5.37. The first-order chi connectivity index (χ1) is 8.88. The van der Waals surface area contributed by atoms with Crippen molar-refractivity contribution >= 4 is 11.6 Å². The number of aromatic nitrogens is 1. The molecule has 0 saturated carbocycles. The molecule has 0 amide bonds. The number of anilines is 2. The maximum atomic E-state index is 5.37. The molecule has 4 nitrogen and oxygen atoms in total. The van der Waals surface area contributed by atoms with Gasteiger partial charge in [-0.3, -0.25) is 0 Å². The van der Waals surface area contributed by atoms with Crippen molar-refractivity contribution in [3.05, 3.63) is 18.2 Å². The molecular weight excluding hydrogens is 226 g/mol. The van der Waals surface area contributed by atoms with Crippen LogP contribution in [0.5, 0.6) is 0 Å². The molecule has 1 aliphatic heterocycles. The molecule has 1 atom stereocenters. The Morgan fingerprint density at radius 2 is 2.06 bits per heavy atom. The lowest BCUT2D eigenvalue weighted by Crippen LogP contribution is -2.10. The summed E-state index contributed by atoms with van der Waals surface area (Å²) in [6, 6.07) is 6.06. The standard InChI is InChI=1S/C14H23N3O/c1-2-8-15-13-4-3-5-14(17-13)16-9-6-12-7-10-18-11-12/h3-5,12H,2,6-11H2,1H3,(H2,15,16,17). The van der Waals surface area contributed by atoms with Crippen LogP contribution in [0, 0.1) is 5.92 Å². The van der Waals surface area contributed by atoms with Crippen LogP contribution >= 0.6 is 0 Å². The quantitative estimate of drug-likeness (QED) is 0.780. The molecule has 1 aliphatic rings. The highest BCUT2D eigenvalue weighted by atomic mass is 16.5. The first-order valence-electron chi connectivity index (χ1n) is 6.91.